The third-order valence-corrected chi connectivity index (χ3v) is 6.53. The van der Waals surface area contributed by atoms with Gasteiger partial charge < -0.3 is 10.6 Å². The van der Waals surface area contributed by atoms with Crippen LogP contribution in [0.2, 0.25) is 0 Å². The van der Waals surface area contributed by atoms with Crippen molar-refractivity contribution >= 4 is 60.1 Å². The first-order valence-corrected chi connectivity index (χ1v) is 11.0. The van der Waals surface area contributed by atoms with Crippen molar-refractivity contribution < 1.29 is 18.0 Å². The average molecular weight is 385 g/mol. The number of anilines is 1. The Hall–Kier alpha value is -1.65. The number of carbonyl (C=O) groups excluding carboxylic acids is 2. The highest BCUT2D eigenvalue weighted by Gasteiger charge is 2.24. The summed E-state index contributed by atoms with van der Waals surface area (Å²) in [5.74, 6) is 0.758. The number of sulfone groups is 1. The fraction of sp³-hybridized carbons (Fsp3) is 0.357. The van der Waals surface area contributed by atoms with Crippen LogP contribution in [0.1, 0.15) is 6.42 Å². The number of rotatable bonds is 3. The molecular weight excluding hydrogens is 370 g/mol. The largest absolute Gasteiger partial charge is 0.343 e. The van der Waals surface area contributed by atoms with Crippen LogP contribution in [-0.2, 0) is 19.4 Å². The molecule has 2 aromatic rings. The summed E-state index contributed by atoms with van der Waals surface area (Å²) < 4.78 is 23.9. The van der Waals surface area contributed by atoms with E-state index in [4.69, 9.17) is 0 Å². The first-order valence-electron chi connectivity index (χ1n) is 7.11. The summed E-state index contributed by atoms with van der Waals surface area (Å²) in [6, 6.07) is 4.05. The van der Waals surface area contributed by atoms with Gasteiger partial charge in [0.2, 0.25) is 11.8 Å². The minimum Gasteiger partial charge on any atom is -0.343 e. The predicted molar refractivity (Wildman–Crippen MR) is 95.2 cm³/mol. The van der Waals surface area contributed by atoms with Gasteiger partial charge in [-0.3, -0.25) is 9.59 Å². The molecule has 3 rings (SSSR count). The first kappa shape index (κ1) is 17.2. The Balaban J connectivity index is 1.79. The molecule has 128 valence electrons. The molecule has 7 nitrogen and oxygen atoms in total. The van der Waals surface area contributed by atoms with Gasteiger partial charge in [0.1, 0.15) is 6.04 Å². The number of aromatic nitrogens is 1. The Morgan fingerprint density at radius 2 is 2.21 bits per heavy atom. The molecule has 2 amide bonds. The van der Waals surface area contributed by atoms with E-state index in [-0.39, 0.29) is 16.7 Å². The lowest BCUT2D eigenvalue weighted by Gasteiger charge is -2.13. The Labute approximate surface area is 147 Å². The van der Waals surface area contributed by atoms with Gasteiger partial charge in [0.05, 0.1) is 15.1 Å². The molecule has 1 atom stereocenters. The minimum atomic E-state index is -3.29. The number of benzene rings is 1. The van der Waals surface area contributed by atoms with Crippen LogP contribution in [0.15, 0.2) is 23.1 Å². The van der Waals surface area contributed by atoms with E-state index in [0.29, 0.717) is 33.3 Å². The van der Waals surface area contributed by atoms with Crippen LogP contribution in [0.25, 0.3) is 10.2 Å². The molecule has 1 aromatic heterocycles. The molecule has 0 radical (unpaired) electrons. The number of thiazole rings is 1. The second-order valence-corrected chi connectivity index (χ2v) is 9.55. The maximum atomic E-state index is 12.3. The maximum absolute atomic E-state index is 12.3. The lowest BCUT2D eigenvalue weighted by molar-refractivity contribution is -0.125. The highest BCUT2D eigenvalue weighted by Crippen LogP contribution is 2.28. The van der Waals surface area contributed by atoms with E-state index in [0.717, 1.165) is 6.26 Å². The summed E-state index contributed by atoms with van der Waals surface area (Å²) in [6.45, 7) is 0. The number of thioether (sulfide) groups is 1. The van der Waals surface area contributed by atoms with Crippen LogP contribution in [-0.4, -0.2) is 49.0 Å². The smallest absolute Gasteiger partial charge is 0.249 e. The normalized spacial score (nSPS) is 18.9. The second-order valence-electron chi connectivity index (χ2n) is 5.35. The average Bonchev–Trinajstić information content (AvgIpc) is 2.77. The first-order chi connectivity index (χ1) is 11.3. The van der Waals surface area contributed by atoms with E-state index < -0.39 is 15.9 Å². The number of carbonyl (C=O) groups is 2. The molecule has 0 saturated carbocycles. The molecule has 24 heavy (non-hydrogen) atoms. The van der Waals surface area contributed by atoms with Crippen LogP contribution in [0.5, 0.6) is 0 Å². The van der Waals surface area contributed by atoms with E-state index in [1.54, 1.807) is 23.9 Å². The molecule has 10 heteroatoms. The molecule has 0 spiro atoms. The maximum Gasteiger partial charge on any atom is 0.249 e. The van der Waals surface area contributed by atoms with Gasteiger partial charge in [-0.25, -0.2) is 13.4 Å². The number of hydrogen-bond acceptors (Lipinski definition) is 7. The van der Waals surface area contributed by atoms with Crippen LogP contribution >= 0.6 is 23.1 Å². The molecule has 2 N–H and O–H groups in total. The Bertz CT molecular complexity index is 907. The van der Waals surface area contributed by atoms with Crippen molar-refractivity contribution in [3.63, 3.8) is 0 Å². The zero-order valence-electron chi connectivity index (χ0n) is 12.7. The summed E-state index contributed by atoms with van der Waals surface area (Å²) in [7, 11) is -3.29. The number of fused-ring (bicyclic) bond motifs is 1. The van der Waals surface area contributed by atoms with Gasteiger partial charge in [-0.15, -0.1) is 0 Å². The zero-order valence-corrected chi connectivity index (χ0v) is 15.2. The van der Waals surface area contributed by atoms with Crippen LogP contribution < -0.4 is 10.6 Å². The van der Waals surface area contributed by atoms with Crippen molar-refractivity contribution in [1.82, 2.24) is 10.3 Å². The van der Waals surface area contributed by atoms with Crippen molar-refractivity contribution in [2.24, 2.45) is 0 Å². The standard InChI is InChI=1S/C14H15N3O4S3/c1-24(20,21)8-2-3-9-11(6-8)23-14(16-9)17-13(19)10-7-22-5-4-12(18)15-10/h2-3,6,10H,4-5,7H2,1H3,(H,15,18)(H,16,17,19)/t10-/m1/s1. The number of amides is 2. The van der Waals surface area contributed by atoms with Crippen molar-refractivity contribution in [2.45, 2.75) is 17.4 Å². The van der Waals surface area contributed by atoms with Gasteiger partial charge >= 0.3 is 0 Å². The lowest BCUT2D eigenvalue weighted by atomic mass is 10.3. The van der Waals surface area contributed by atoms with Crippen molar-refractivity contribution in [3.8, 4) is 0 Å². The molecule has 0 unspecified atom stereocenters. The SMILES string of the molecule is CS(=O)(=O)c1ccc2nc(NC(=O)[C@H]3CSCCC(=O)N3)sc2c1. The summed E-state index contributed by atoms with van der Waals surface area (Å²) in [5.41, 5.74) is 0.613. The molecule has 1 aromatic carbocycles. The van der Waals surface area contributed by atoms with E-state index in [1.165, 1.54) is 17.4 Å². The van der Waals surface area contributed by atoms with Gasteiger partial charge in [-0.2, -0.15) is 11.8 Å². The van der Waals surface area contributed by atoms with Crippen LogP contribution in [0.4, 0.5) is 5.13 Å². The van der Waals surface area contributed by atoms with Crippen molar-refractivity contribution in [2.75, 3.05) is 23.1 Å². The second kappa shape index (κ2) is 6.69. The fourth-order valence-electron chi connectivity index (χ4n) is 2.20. The molecule has 0 bridgehead atoms. The number of nitrogens with zero attached hydrogens (tertiary/aromatic N) is 1. The topological polar surface area (TPSA) is 105 Å². The molecule has 1 aliphatic heterocycles. The monoisotopic (exact) mass is 385 g/mol. The quantitative estimate of drug-likeness (QED) is 0.824. The van der Waals surface area contributed by atoms with Gasteiger partial charge in [-0.05, 0) is 18.2 Å². The summed E-state index contributed by atoms with van der Waals surface area (Å²) in [4.78, 5) is 28.3. The third-order valence-electron chi connectivity index (χ3n) is 3.43. The molecule has 1 saturated heterocycles. The third kappa shape index (κ3) is 3.87. The van der Waals surface area contributed by atoms with Gasteiger partial charge in [0.15, 0.2) is 15.0 Å². The van der Waals surface area contributed by atoms with Crippen LogP contribution in [0, 0.1) is 0 Å². The minimum absolute atomic E-state index is 0.137. The summed E-state index contributed by atoms with van der Waals surface area (Å²) >= 11 is 2.75. The van der Waals surface area contributed by atoms with E-state index in [2.05, 4.69) is 15.6 Å². The lowest BCUT2D eigenvalue weighted by Crippen LogP contribution is -2.44. The van der Waals surface area contributed by atoms with E-state index >= 15 is 0 Å². The van der Waals surface area contributed by atoms with Gasteiger partial charge in [-0.1, -0.05) is 11.3 Å². The highest BCUT2D eigenvalue weighted by molar-refractivity contribution is 7.99. The van der Waals surface area contributed by atoms with Crippen LogP contribution in [0.3, 0.4) is 0 Å². The molecule has 0 aliphatic carbocycles. The number of nitrogens with one attached hydrogen (secondary N) is 2. The Morgan fingerprint density at radius 3 is 2.96 bits per heavy atom. The molecular formula is C14H15N3O4S3. The summed E-state index contributed by atoms with van der Waals surface area (Å²) in [6.07, 6.45) is 1.55. The Morgan fingerprint density at radius 1 is 1.42 bits per heavy atom. The zero-order chi connectivity index (χ0) is 17.3. The van der Waals surface area contributed by atoms with Gasteiger partial charge in [0.25, 0.3) is 0 Å². The van der Waals surface area contributed by atoms with E-state index in [1.807, 2.05) is 0 Å². The highest BCUT2D eigenvalue weighted by atomic mass is 32.2. The molecule has 1 fully saturated rings. The van der Waals surface area contributed by atoms with Crippen molar-refractivity contribution in [1.29, 1.82) is 0 Å². The fourth-order valence-corrected chi connectivity index (χ4v) is 4.79. The predicted octanol–water partition coefficient (Wildman–Crippen LogP) is 1.26. The molecule has 2 heterocycles. The van der Waals surface area contributed by atoms with E-state index in [9.17, 15) is 18.0 Å². The Kier molecular flexibility index (Phi) is 4.79. The summed E-state index contributed by atoms with van der Waals surface area (Å²) in [5, 5.41) is 5.76. The number of hydrogen-bond donors (Lipinski definition) is 2. The molecule has 1 aliphatic rings. The van der Waals surface area contributed by atoms with Gasteiger partial charge in [0, 0.05) is 24.2 Å². The van der Waals surface area contributed by atoms with Crippen molar-refractivity contribution in [3.05, 3.63) is 18.2 Å².